The summed E-state index contributed by atoms with van der Waals surface area (Å²) >= 11 is 0. The summed E-state index contributed by atoms with van der Waals surface area (Å²) in [6.45, 7) is 5.18. The molecule has 0 atom stereocenters. The van der Waals surface area contributed by atoms with E-state index in [-0.39, 0.29) is 11.5 Å². The summed E-state index contributed by atoms with van der Waals surface area (Å²) in [4.78, 5) is 19.9. The second-order valence-corrected chi connectivity index (χ2v) is 8.70. The lowest BCUT2D eigenvalue weighted by Crippen LogP contribution is -2.18. The minimum absolute atomic E-state index is 0.278. The summed E-state index contributed by atoms with van der Waals surface area (Å²) in [5.74, 6) is -0.766. The van der Waals surface area contributed by atoms with Gasteiger partial charge in [-0.1, -0.05) is 36.4 Å². The van der Waals surface area contributed by atoms with Gasteiger partial charge in [-0.05, 0) is 79.9 Å². The van der Waals surface area contributed by atoms with Gasteiger partial charge in [-0.15, -0.1) is 0 Å². The largest absolute Gasteiger partial charge is 0.322 e. The molecular formula is C28H26FN3O. The molecule has 1 aliphatic heterocycles. The third-order valence-corrected chi connectivity index (χ3v) is 6.25. The van der Waals surface area contributed by atoms with Gasteiger partial charge in [0, 0.05) is 34.9 Å². The Balaban J connectivity index is 1.35. The standard InChI is InChI=1S/C28H26FN3O/c1-19-13-23-14-20(18-32-11-5-6-12-32)17-30-27(23)16-26(19)31-28(33)22-9-10-24(25(29)15-22)21-7-3-2-4-8-21/h2-4,7-10,13-17H,5-6,11-12,18H2,1H3,(H,31,33). The molecule has 5 rings (SSSR count). The first-order valence-electron chi connectivity index (χ1n) is 11.3. The number of amides is 1. The fraction of sp³-hybridized carbons (Fsp3) is 0.214. The van der Waals surface area contributed by atoms with Gasteiger partial charge in [0.15, 0.2) is 0 Å². The number of halogens is 1. The van der Waals surface area contributed by atoms with Crippen molar-refractivity contribution in [3.63, 3.8) is 0 Å². The van der Waals surface area contributed by atoms with E-state index in [1.807, 2.05) is 55.6 Å². The number of likely N-dealkylation sites (tertiary alicyclic amines) is 1. The van der Waals surface area contributed by atoms with Crippen molar-refractivity contribution in [1.29, 1.82) is 0 Å². The van der Waals surface area contributed by atoms with E-state index in [2.05, 4.69) is 21.3 Å². The highest BCUT2D eigenvalue weighted by molar-refractivity contribution is 6.05. The molecule has 166 valence electrons. The molecule has 0 bridgehead atoms. The highest BCUT2D eigenvalue weighted by Crippen LogP contribution is 2.26. The minimum Gasteiger partial charge on any atom is -0.322 e. The van der Waals surface area contributed by atoms with Crippen LogP contribution in [-0.2, 0) is 6.54 Å². The molecule has 1 fully saturated rings. The SMILES string of the molecule is Cc1cc2cc(CN3CCCC3)cnc2cc1NC(=O)c1ccc(-c2ccccc2)c(F)c1. The van der Waals surface area contributed by atoms with Crippen molar-refractivity contribution < 1.29 is 9.18 Å². The Morgan fingerprint density at radius 2 is 1.82 bits per heavy atom. The number of pyridine rings is 1. The van der Waals surface area contributed by atoms with Crippen molar-refractivity contribution in [1.82, 2.24) is 9.88 Å². The molecule has 5 heteroatoms. The quantitative estimate of drug-likeness (QED) is 0.403. The van der Waals surface area contributed by atoms with Crippen LogP contribution in [0.2, 0.25) is 0 Å². The Morgan fingerprint density at radius 3 is 2.58 bits per heavy atom. The fourth-order valence-electron chi connectivity index (χ4n) is 4.46. The number of hydrogen-bond acceptors (Lipinski definition) is 3. The number of anilines is 1. The van der Waals surface area contributed by atoms with E-state index < -0.39 is 5.82 Å². The minimum atomic E-state index is -0.420. The highest BCUT2D eigenvalue weighted by Gasteiger charge is 2.15. The molecular weight excluding hydrogens is 413 g/mol. The van der Waals surface area contributed by atoms with Gasteiger partial charge < -0.3 is 5.32 Å². The summed E-state index contributed by atoms with van der Waals surface area (Å²) in [6, 6.07) is 20.0. The van der Waals surface area contributed by atoms with E-state index in [4.69, 9.17) is 0 Å². The normalized spacial score (nSPS) is 14.0. The number of aromatic nitrogens is 1. The van der Waals surface area contributed by atoms with E-state index in [0.29, 0.717) is 11.3 Å². The van der Waals surface area contributed by atoms with Crippen LogP contribution in [0.15, 0.2) is 72.9 Å². The van der Waals surface area contributed by atoms with E-state index in [9.17, 15) is 9.18 Å². The van der Waals surface area contributed by atoms with E-state index >= 15 is 0 Å². The maximum atomic E-state index is 14.7. The molecule has 0 aliphatic carbocycles. The number of carbonyl (C=O) groups is 1. The molecule has 1 saturated heterocycles. The van der Waals surface area contributed by atoms with Gasteiger partial charge in [0.1, 0.15) is 5.82 Å². The average molecular weight is 440 g/mol. The van der Waals surface area contributed by atoms with Crippen LogP contribution in [0.3, 0.4) is 0 Å². The molecule has 33 heavy (non-hydrogen) atoms. The van der Waals surface area contributed by atoms with Crippen molar-refractivity contribution in [3.8, 4) is 11.1 Å². The monoisotopic (exact) mass is 439 g/mol. The number of benzene rings is 3. The van der Waals surface area contributed by atoms with E-state index in [0.717, 1.165) is 41.7 Å². The number of fused-ring (bicyclic) bond motifs is 1. The van der Waals surface area contributed by atoms with Gasteiger partial charge >= 0.3 is 0 Å². The average Bonchev–Trinajstić information content (AvgIpc) is 3.33. The van der Waals surface area contributed by atoms with Crippen LogP contribution < -0.4 is 5.32 Å². The topological polar surface area (TPSA) is 45.2 Å². The molecule has 1 aromatic heterocycles. The van der Waals surface area contributed by atoms with Gasteiger partial charge in [0.05, 0.1) is 5.52 Å². The second-order valence-electron chi connectivity index (χ2n) is 8.70. The number of hydrogen-bond donors (Lipinski definition) is 1. The molecule has 2 heterocycles. The lowest BCUT2D eigenvalue weighted by molar-refractivity contribution is 0.102. The van der Waals surface area contributed by atoms with Crippen LogP contribution in [0.1, 0.15) is 34.3 Å². The van der Waals surface area contributed by atoms with Crippen LogP contribution in [0.5, 0.6) is 0 Å². The molecule has 4 aromatic rings. The number of aryl methyl sites for hydroxylation is 1. The summed E-state index contributed by atoms with van der Waals surface area (Å²) in [5, 5.41) is 3.98. The van der Waals surface area contributed by atoms with E-state index in [1.165, 1.54) is 24.5 Å². The maximum absolute atomic E-state index is 14.7. The molecule has 1 N–H and O–H groups in total. The Bertz CT molecular complexity index is 1310. The highest BCUT2D eigenvalue weighted by atomic mass is 19.1. The Hall–Kier alpha value is -3.57. The molecule has 1 aliphatic rings. The first kappa shape index (κ1) is 21.3. The first-order chi connectivity index (χ1) is 16.1. The van der Waals surface area contributed by atoms with Crippen LogP contribution in [0.4, 0.5) is 10.1 Å². The summed E-state index contributed by atoms with van der Waals surface area (Å²) in [6.07, 6.45) is 4.45. The van der Waals surface area contributed by atoms with Crippen LogP contribution in [0, 0.1) is 12.7 Å². The third-order valence-electron chi connectivity index (χ3n) is 6.25. The zero-order chi connectivity index (χ0) is 22.8. The number of rotatable bonds is 5. The Morgan fingerprint density at radius 1 is 1.03 bits per heavy atom. The third kappa shape index (κ3) is 4.64. The predicted molar refractivity (Wildman–Crippen MR) is 131 cm³/mol. The number of nitrogens with zero attached hydrogens (tertiary/aromatic N) is 2. The molecule has 0 radical (unpaired) electrons. The maximum Gasteiger partial charge on any atom is 0.255 e. The lowest BCUT2D eigenvalue weighted by Gasteiger charge is -2.15. The lowest BCUT2D eigenvalue weighted by atomic mass is 10.0. The molecule has 0 spiro atoms. The van der Waals surface area contributed by atoms with Gasteiger partial charge in [-0.25, -0.2) is 4.39 Å². The van der Waals surface area contributed by atoms with Crippen molar-refractivity contribution in [3.05, 3.63) is 95.4 Å². The molecule has 3 aromatic carbocycles. The predicted octanol–water partition coefficient (Wildman–Crippen LogP) is 6.20. The first-order valence-corrected chi connectivity index (χ1v) is 11.3. The molecule has 4 nitrogen and oxygen atoms in total. The van der Waals surface area contributed by atoms with Crippen molar-refractivity contribution in [2.45, 2.75) is 26.3 Å². The van der Waals surface area contributed by atoms with Crippen molar-refractivity contribution in [2.24, 2.45) is 0 Å². The zero-order valence-corrected chi connectivity index (χ0v) is 18.6. The Kier molecular flexibility index (Phi) is 5.88. The van der Waals surface area contributed by atoms with Crippen molar-refractivity contribution in [2.75, 3.05) is 18.4 Å². The van der Waals surface area contributed by atoms with Crippen LogP contribution in [0.25, 0.3) is 22.0 Å². The van der Waals surface area contributed by atoms with Gasteiger partial charge in [0.2, 0.25) is 0 Å². The number of carbonyl (C=O) groups excluding carboxylic acids is 1. The second kappa shape index (κ2) is 9.12. The molecule has 0 unspecified atom stereocenters. The zero-order valence-electron chi connectivity index (χ0n) is 18.6. The summed E-state index contributed by atoms with van der Waals surface area (Å²) < 4.78 is 14.7. The van der Waals surface area contributed by atoms with E-state index in [1.54, 1.807) is 12.1 Å². The van der Waals surface area contributed by atoms with Gasteiger partial charge in [0.25, 0.3) is 5.91 Å². The van der Waals surface area contributed by atoms with Crippen LogP contribution in [-0.4, -0.2) is 28.9 Å². The molecule has 1 amide bonds. The smallest absolute Gasteiger partial charge is 0.255 e. The molecule has 0 saturated carbocycles. The Labute approximate surface area is 193 Å². The van der Waals surface area contributed by atoms with Gasteiger partial charge in [-0.3, -0.25) is 14.7 Å². The summed E-state index contributed by atoms with van der Waals surface area (Å²) in [7, 11) is 0. The van der Waals surface area contributed by atoms with Gasteiger partial charge in [-0.2, -0.15) is 0 Å². The fourth-order valence-corrected chi connectivity index (χ4v) is 4.46. The van der Waals surface area contributed by atoms with Crippen molar-refractivity contribution >= 4 is 22.5 Å². The number of nitrogens with one attached hydrogen (secondary N) is 1. The van der Waals surface area contributed by atoms with Crippen LogP contribution >= 0.6 is 0 Å². The summed E-state index contributed by atoms with van der Waals surface area (Å²) in [5.41, 5.74) is 5.18.